The van der Waals surface area contributed by atoms with Gasteiger partial charge in [0.05, 0.1) is 16.2 Å². The van der Waals surface area contributed by atoms with Crippen molar-refractivity contribution in [3.05, 3.63) is 81.7 Å². The summed E-state index contributed by atoms with van der Waals surface area (Å²) in [7, 11) is 0. The minimum absolute atomic E-state index is 0.0182. The van der Waals surface area contributed by atoms with Gasteiger partial charge in [-0.1, -0.05) is 30.4 Å². The minimum atomic E-state index is -0.603. The smallest absolute Gasteiger partial charge is 0.321 e. The number of hydrogen-bond acceptors (Lipinski definition) is 5. The molecule has 2 aromatic carbocycles. The molecule has 154 valence electrons. The number of rotatable bonds is 6. The van der Waals surface area contributed by atoms with Crippen LogP contribution in [0.2, 0.25) is 0 Å². The summed E-state index contributed by atoms with van der Waals surface area (Å²) in [5.74, 6) is 0. The van der Waals surface area contributed by atoms with Crippen LogP contribution in [0, 0.1) is 10.1 Å². The largest absolute Gasteiger partial charge is 0.329 e. The van der Waals surface area contributed by atoms with Crippen LogP contribution < -0.4 is 10.6 Å². The fourth-order valence-electron chi connectivity index (χ4n) is 2.88. The van der Waals surface area contributed by atoms with Gasteiger partial charge in [-0.3, -0.25) is 15.4 Å². The maximum atomic E-state index is 12.5. The summed E-state index contributed by atoms with van der Waals surface area (Å²) in [4.78, 5) is 27.3. The number of nitrogens with zero attached hydrogens (tertiary/aromatic N) is 2. The van der Waals surface area contributed by atoms with Gasteiger partial charge in [-0.25, -0.2) is 9.78 Å². The lowest BCUT2D eigenvalue weighted by molar-refractivity contribution is -0.384. The van der Waals surface area contributed by atoms with E-state index < -0.39 is 10.5 Å². The lowest BCUT2D eigenvalue weighted by Crippen LogP contribution is -2.43. The zero-order valence-corrected chi connectivity index (χ0v) is 17.7. The Morgan fingerprint density at radius 1 is 1.20 bits per heavy atom. The number of nitro benzene ring substituents is 1. The standard InChI is InChI=1S/C22H22N4O3S/c1-14(2)16-6-5-7-17(12-16)22(3,4)25-20(27)24-21-23-19(13-30-21)15-8-10-18(11-9-15)26(28)29/h5-13H,1H2,2-4H3,(H2,23,24,25,27). The van der Waals surface area contributed by atoms with E-state index in [0.717, 1.165) is 22.3 Å². The highest BCUT2D eigenvalue weighted by Crippen LogP contribution is 2.27. The molecule has 2 N–H and O–H groups in total. The molecule has 30 heavy (non-hydrogen) atoms. The van der Waals surface area contributed by atoms with Crippen LogP contribution in [0.3, 0.4) is 0 Å². The number of benzene rings is 2. The SMILES string of the molecule is C=C(C)c1cccc(C(C)(C)NC(=O)Nc2nc(-c3ccc([N+](=O)[O-])cc3)cs2)c1. The fraction of sp³-hybridized carbons (Fsp3) is 0.182. The van der Waals surface area contributed by atoms with Gasteiger partial charge in [0.15, 0.2) is 5.13 Å². The van der Waals surface area contributed by atoms with E-state index in [4.69, 9.17) is 0 Å². The molecule has 2 amide bonds. The summed E-state index contributed by atoms with van der Waals surface area (Å²) in [5.41, 5.74) is 3.73. The Labute approximate surface area is 178 Å². The average Bonchev–Trinajstić information content (AvgIpc) is 3.16. The molecule has 0 spiro atoms. The van der Waals surface area contributed by atoms with Crippen molar-refractivity contribution in [1.29, 1.82) is 0 Å². The molecule has 1 heterocycles. The van der Waals surface area contributed by atoms with Crippen LogP contribution in [-0.4, -0.2) is 15.9 Å². The summed E-state index contributed by atoms with van der Waals surface area (Å²) in [6.07, 6.45) is 0. The number of nitrogens with one attached hydrogen (secondary N) is 2. The molecule has 0 bridgehead atoms. The van der Waals surface area contributed by atoms with E-state index in [1.54, 1.807) is 17.5 Å². The van der Waals surface area contributed by atoms with Gasteiger partial charge in [-0.15, -0.1) is 11.3 Å². The molecule has 0 aliphatic heterocycles. The third kappa shape index (κ3) is 4.90. The number of carbonyl (C=O) groups excluding carboxylic acids is 1. The number of aromatic nitrogens is 1. The topological polar surface area (TPSA) is 97.2 Å². The van der Waals surface area contributed by atoms with Gasteiger partial charge < -0.3 is 5.32 Å². The van der Waals surface area contributed by atoms with Gasteiger partial charge in [0, 0.05) is 23.1 Å². The first kappa shape index (κ1) is 21.2. The number of hydrogen-bond donors (Lipinski definition) is 2. The highest BCUT2D eigenvalue weighted by Gasteiger charge is 2.23. The lowest BCUT2D eigenvalue weighted by atomic mass is 9.92. The molecule has 0 unspecified atom stereocenters. The molecular formula is C22H22N4O3S. The van der Waals surface area contributed by atoms with Crippen molar-refractivity contribution < 1.29 is 9.72 Å². The first-order valence-corrected chi connectivity index (χ1v) is 10.1. The summed E-state index contributed by atoms with van der Waals surface area (Å²) >= 11 is 1.28. The number of nitro groups is 1. The Morgan fingerprint density at radius 3 is 2.53 bits per heavy atom. The van der Waals surface area contributed by atoms with E-state index in [9.17, 15) is 14.9 Å². The van der Waals surface area contributed by atoms with E-state index in [0.29, 0.717) is 10.8 Å². The Balaban J connectivity index is 1.68. The molecule has 3 aromatic rings. The number of thiazole rings is 1. The van der Waals surface area contributed by atoms with Gasteiger partial charge >= 0.3 is 6.03 Å². The third-order valence-electron chi connectivity index (χ3n) is 4.60. The molecule has 7 nitrogen and oxygen atoms in total. The molecular weight excluding hydrogens is 400 g/mol. The average molecular weight is 423 g/mol. The maximum absolute atomic E-state index is 12.5. The van der Waals surface area contributed by atoms with Crippen molar-refractivity contribution in [3.63, 3.8) is 0 Å². The fourth-order valence-corrected chi connectivity index (χ4v) is 3.59. The molecule has 0 saturated heterocycles. The molecule has 8 heteroatoms. The van der Waals surface area contributed by atoms with E-state index in [2.05, 4.69) is 22.2 Å². The van der Waals surface area contributed by atoms with Crippen LogP contribution in [0.15, 0.2) is 60.5 Å². The van der Waals surface area contributed by atoms with Crippen LogP contribution >= 0.6 is 11.3 Å². The van der Waals surface area contributed by atoms with Gasteiger partial charge in [0.2, 0.25) is 0 Å². The van der Waals surface area contributed by atoms with Gasteiger partial charge in [-0.2, -0.15) is 0 Å². The second-order valence-electron chi connectivity index (χ2n) is 7.41. The van der Waals surface area contributed by atoms with Gasteiger partial charge in [-0.05, 0) is 50.1 Å². The number of amides is 2. The summed E-state index contributed by atoms with van der Waals surface area (Å²) in [5, 5.41) is 18.7. The van der Waals surface area contributed by atoms with Crippen molar-refractivity contribution in [2.24, 2.45) is 0 Å². The van der Waals surface area contributed by atoms with Crippen molar-refractivity contribution in [2.75, 3.05) is 5.32 Å². The highest BCUT2D eigenvalue weighted by molar-refractivity contribution is 7.14. The van der Waals surface area contributed by atoms with Crippen molar-refractivity contribution in [3.8, 4) is 11.3 Å². The highest BCUT2D eigenvalue weighted by atomic mass is 32.1. The minimum Gasteiger partial charge on any atom is -0.329 e. The second-order valence-corrected chi connectivity index (χ2v) is 8.27. The lowest BCUT2D eigenvalue weighted by Gasteiger charge is -2.27. The molecule has 0 fully saturated rings. The van der Waals surface area contributed by atoms with Crippen LogP contribution in [0.5, 0.6) is 0 Å². The molecule has 1 aromatic heterocycles. The predicted molar refractivity (Wildman–Crippen MR) is 121 cm³/mol. The Bertz CT molecular complexity index is 1100. The predicted octanol–water partition coefficient (Wildman–Crippen LogP) is 5.81. The molecule has 0 aliphatic rings. The van der Waals surface area contributed by atoms with E-state index >= 15 is 0 Å². The Hall–Kier alpha value is -3.52. The molecule has 0 radical (unpaired) electrons. The monoisotopic (exact) mass is 422 g/mol. The summed E-state index contributed by atoms with van der Waals surface area (Å²) in [6.45, 7) is 9.76. The van der Waals surface area contributed by atoms with E-state index in [1.807, 2.05) is 45.0 Å². The third-order valence-corrected chi connectivity index (χ3v) is 5.36. The number of anilines is 1. The number of urea groups is 1. The maximum Gasteiger partial charge on any atom is 0.321 e. The molecule has 0 aliphatic carbocycles. The van der Waals surface area contributed by atoms with Crippen molar-refractivity contribution >= 4 is 33.8 Å². The van der Waals surface area contributed by atoms with Gasteiger partial charge in [0.1, 0.15) is 0 Å². The number of carbonyl (C=O) groups is 1. The number of non-ortho nitro benzene ring substituents is 1. The molecule has 3 rings (SSSR count). The van der Waals surface area contributed by atoms with Gasteiger partial charge in [0.25, 0.3) is 5.69 Å². The zero-order chi connectivity index (χ0) is 21.9. The van der Waals surface area contributed by atoms with Crippen LogP contribution in [0.1, 0.15) is 31.9 Å². The van der Waals surface area contributed by atoms with E-state index in [-0.39, 0.29) is 11.7 Å². The van der Waals surface area contributed by atoms with Crippen molar-refractivity contribution in [2.45, 2.75) is 26.3 Å². The quantitative estimate of drug-likeness (QED) is 0.387. The van der Waals surface area contributed by atoms with Crippen molar-refractivity contribution in [1.82, 2.24) is 10.3 Å². The number of allylic oxidation sites excluding steroid dienone is 1. The van der Waals surface area contributed by atoms with E-state index in [1.165, 1.54) is 23.5 Å². The Morgan fingerprint density at radius 2 is 1.90 bits per heavy atom. The van der Waals surface area contributed by atoms with Crippen LogP contribution in [-0.2, 0) is 5.54 Å². The second kappa shape index (κ2) is 8.46. The molecule has 0 atom stereocenters. The molecule has 0 saturated carbocycles. The summed E-state index contributed by atoms with van der Waals surface area (Å²) < 4.78 is 0. The zero-order valence-electron chi connectivity index (χ0n) is 16.9. The van der Waals surface area contributed by atoms with Crippen LogP contribution in [0.25, 0.3) is 16.8 Å². The first-order valence-electron chi connectivity index (χ1n) is 9.21. The normalized spacial score (nSPS) is 11.0. The first-order chi connectivity index (χ1) is 14.2. The Kier molecular flexibility index (Phi) is 5.98. The van der Waals surface area contributed by atoms with Crippen LogP contribution in [0.4, 0.5) is 15.6 Å². The summed E-state index contributed by atoms with van der Waals surface area (Å²) in [6, 6.07) is 13.7.